The summed E-state index contributed by atoms with van der Waals surface area (Å²) in [7, 11) is 0. The van der Waals surface area contributed by atoms with Gasteiger partial charge >= 0.3 is 0 Å². The Morgan fingerprint density at radius 3 is 2.78 bits per heavy atom. The molecule has 1 saturated heterocycles. The van der Waals surface area contributed by atoms with Gasteiger partial charge in [-0.25, -0.2) is 8.78 Å². The van der Waals surface area contributed by atoms with Gasteiger partial charge in [-0.2, -0.15) is 0 Å². The van der Waals surface area contributed by atoms with Gasteiger partial charge in [0.15, 0.2) is 0 Å². The van der Waals surface area contributed by atoms with Crippen LogP contribution >= 0.6 is 15.9 Å². The lowest BCUT2D eigenvalue weighted by Gasteiger charge is -2.12. The smallest absolute Gasteiger partial charge is 0.262 e. The van der Waals surface area contributed by atoms with E-state index in [1.54, 1.807) is 6.07 Å². The molecule has 1 fully saturated rings. The van der Waals surface area contributed by atoms with Gasteiger partial charge in [0, 0.05) is 29.5 Å². The number of halogens is 3. The number of benzene rings is 1. The quantitative estimate of drug-likeness (QED) is 0.722. The molecule has 1 atom stereocenters. The van der Waals surface area contributed by atoms with Crippen molar-refractivity contribution in [3.05, 3.63) is 28.2 Å². The largest absolute Gasteiger partial charge is 0.354 e. The fourth-order valence-electron chi connectivity index (χ4n) is 2.30. The second kappa shape index (κ2) is 7.35. The van der Waals surface area contributed by atoms with E-state index in [1.807, 2.05) is 19.1 Å². The predicted octanol–water partition coefficient (Wildman–Crippen LogP) is 2.20. The highest BCUT2D eigenvalue weighted by molar-refractivity contribution is 9.10. The molecule has 0 spiro atoms. The molecule has 5 nitrogen and oxygen atoms in total. The summed E-state index contributed by atoms with van der Waals surface area (Å²) in [6.45, 7) is 1.48. The molecule has 1 aromatic carbocycles. The lowest BCUT2D eigenvalue weighted by Crippen LogP contribution is -2.41. The van der Waals surface area contributed by atoms with Crippen molar-refractivity contribution in [1.82, 2.24) is 10.6 Å². The van der Waals surface area contributed by atoms with Crippen molar-refractivity contribution in [2.75, 3.05) is 18.4 Å². The fourth-order valence-corrected chi connectivity index (χ4v) is 2.78. The van der Waals surface area contributed by atoms with Crippen molar-refractivity contribution in [1.29, 1.82) is 0 Å². The molecule has 8 heteroatoms. The number of anilines is 1. The molecule has 23 heavy (non-hydrogen) atoms. The second-order valence-corrected chi connectivity index (χ2v) is 6.46. The van der Waals surface area contributed by atoms with E-state index in [0.717, 1.165) is 10.0 Å². The SMILES string of the molecule is Cc1cc(Br)ccc1NC(=O)CCNC(=O)C1CC(F)(F)CN1. The monoisotopic (exact) mass is 389 g/mol. The van der Waals surface area contributed by atoms with E-state index in [2.05, 4.69) is 31.9 Å². The number of aryl methyl sites for hydroxylation is 1. The average molecular weight is 390 g/mol. The van der Waals surface area contributed by atoms with Gasteiger partial charge in [-0.05, 0) is 30.7 Å². The molecule has 0 saturated carbocycles. The molecule has 0 radical (unpaired) electrons. The fraction of sp³-hybridized carbons (Fsp3) is 0.467. The van der Waals surface area contributed by atoms with Gasteiger partial charge in [0.25, 0.3) is 5.92 Å². The van der Waals surface area contributed by atoms with Crippen molar-refractivity contribution < 1.29 is 18.4 Å². The summed E-state index contributed by atoms with van der Waals surface area (Å²) >= 11 is 3.34. The molecule has 1 aromatic rings. The van der Waals surface area contributed by atoms with Crippen molar-refractivity contribution >= 4 is 33.4 Å². The highest BCUT2D eigenvalue weighted by Gasteiger charge is 2.42. The first-order chi connectivity index (χ1) is 10.8. The first kappa shape index (κ1) is 17.8. The van der Waals surface area contributed by atoms with Gasteiger partial charge in [0.05, 0.1) is 12.6 Å². The lowest BCUT2D eigenvalue weighted by atomic mass is 10.2. The molecule has 1 aliphatic heterocycles. The number of nitrogens with one attached hydrogen (secondary N) is 3. The number of carbonyl (C=O) groups excluding carboxylic acids is 2. The molecule has 1 aliphatic rings. The Hall–Kier alpha value is -1.54. The van der Waals surface area contributed by atoms with Crippen LogP contribution in [0.25, 0.3) is 0 Å². The van der Waals surface area contributed by atoms with E-state index >= 15 is 0 Å². The molecule has 0 aliphatic carbocycles. The van der Waals surface area contributed by atoms with Crippen molar-refractivity contribution in [2.24, 2.45) is 0 Å². The third-order valence-electron chi connectivity index (χ3n) is 3.54. The number of carbonyl (C=O) groups is 2. The zero-order chi connectivity index (χ0) is 17.0. The van der Waals surface area contributed by atoms with Crippen molar-refractivity contribution in [3.8, 4) is 0 Å². The summed E-state index contributed by atoms with van der Waals surface area (Å²) in [6.07, 6.45) is -0.437. The van der Waals surface area contributed by atoms with Gasteiger partial charge in [-0.1, -0.05) is 15.9 Å². The van der Waals surface area contributed by atoms with Crippen LogP contribution < -0.4 is 16.0 Å². The Morgan fingerprint density at radius 2 is 2.17 bits per heavy atom. The van der Waals surface area contributed by atoms with Crippen LogP contribution in [0.2, 0.25) is 0 Å². The third kappa shape index (κ3) is 5.24. The molecule has 3 N–H and O–H groups in total. The maximum atomic E-state index is 13.0. The lowest BCUT2D eigenvalue weighted by molar-refractivity contribution is -0.123. The molecular weight excluding hydrogens is 372 g/mol. The van der Waals surface area contributed by atoms with Crippen molar-refractivity contribution in [2.45, 2.75) is 31.7 Å². The Bertz CT molecular complexity index is 610. The van der Waals surface area contributed by atoms with E-state index in [9.17, 15) is 18.4 Å². The van der Waals surface area contributed by atoms with Crippen LogP contribution in [-0.2, 0) is 9.59 Å². The van der Waals surface area contributed by atoms with Crippen LogP contribution in [0.3, 0.4) is 0 Å². The summed E-state index contributed by atoms with van der Waals surface area (Å²) in [5, 5.41) is 7.72. The Morgan fingerprint density at radius 1 is 1.43 bits per heavy atom. The summed E-state index contributed by atoms with van der Waals surface area (Å²) < 4.78 is 26.9. The van der Waals surface area contributed by atoms with E-state index in [0.29, 0.717) is 5.69 Å². The van der Waals surface area contributed by atoms with E-state index in [1.165, 1.54) is 0 Å². The van der Waals surface area contributed by atoms with Gasteiger partial charge in [0.2, 0.25) is 11.8 Å². The topological polar surface area (TPSA) is 70.2 Å². The maximum Gasteiger partial charge on any atom is 0.262 e. The van der Waals surface area contributed by atoms with Crippen LogP contribution in [0, 0.1) is 6.92 Å². The summed E-state index contributed by atoms with van der Waals surface area (Å²) in [4.78, 5) is 23.6. The number of amides is 2. The second-order valence-electron chi connectivity index (χ2n) is 5.54. The first-order valence-electron chi connectivity index (χ1n) is 7.22. The minimum atomic E-state index is -2.85. The molecule has 0 bridgehead atoms. The van der Waals surface area contributed by atoms with Gasteiger partial charge in [-0.15, -0.1) is 0 Å². The average Bonchev–Trinajstić information content (AvgIpc) is 2.82. The zero-order valence-corrected chi connectivity index (χ0v) is 14.2. The molecule has 1 heterocycles. The van der Waals surface area contributed by atoms with E-state index in [4.69, 9.17) is 0 Å². The zero-order valence-electron chi connectivity index (χ0n) is 12.6. The summed E-state index contributed by atoms with van der Waals surface area (Å²) in [6, 6.07) is 4.57. The standard InChI is InChI=1S/C15H18BrF2N3O2/c1-9-6-10(16)2-3-11(9)21-13(22)4-5-19-14(23)12-7-15(17,18)8-20-12/h2-3,6,12,20H,4-5,7-8H2,1H3,(H,19,23)(H,21,22). The molecule has 126 valence electrons. The summed E-state index contributed by atoms with van der Waals surface area (Å²) in [5.74, 6) is -3.60. The van der Waals surface area contributed by atoms with Crippen LogP contribution in [-0.4, -0.2) is 36.9 Å². The molecular formula is C15H18BrF2N3O2. The summed E-state index contributed by atoms with van der Waals surface area (Å²) in [5.41, 5.74) is 1.61. The highest BCUT2D eigenvalue weighted by Crippen LogP contribution is 2.25. The van der Waals surface area contributed by atoms with E-state index < -0.39 is 30.8 Å². The molecule has 1 unspecified atom stereocenters. The van der Waals surface area contributed by atoms with Crippen LogP contribution in [0.5, 0.6) is 0 Å². The van der Waals surface area contributed by atoms with Crippen LogP contribution in [0.15, 0.2) is 22.7 Å². The van der Waals surface area contributed by atoms with Gasteiger partial charge in [-0.3, -0.25) is 14.9 Å². The third-order valence-corrected chi connectivity index (χ3v) is 4.03. The first-order valence-corrected chi connectivity index (χ1v) is 8.01. The molecule has 0 aromatic heterocycles. The number of hydrogen-bond donors (Lipinski definition) is 3. The Balaban J connectivity index is 1.73. The van der Waals surface area contributed by atoms with Gasteiger partial charge < -0.3 is 10.6 Å². The van der Waals surface area contributed by atoms with E-state index in [-0.39, 0.29) is 18.9 Å². The normalized spacial score (nSPS) is 19.4. The van der Waals surface area contributed by atoms with Crippen LogP contribution in [0.4, 0.5) is 14.5 Å². The highest BCUT2D eigenvalue weighted by atomic mass is 79.9. The Kier molecular flexibility index (Phi) is 5.69. The van der Waals surface area contributed by atoms with Gasteiger partial charge in [0.1, 0.15) is 0 Å². The molecule has 2 rings (SSSR count). The van der Waals surface area contributed by atoms with Crippen molar-refractivity contribution in [3.63, 3.8) is 0 Å². The number of alkyl halides is 2. The maximum absolute atomic E-state index is 13.0. The number of hydrogen-bond acceptors (Lipinski definition) is 3. The number of rotatable bonds is 5. The Labute approximate surface area is 141 Å². The predicted molar refractivity (Wildman–Crippen MR) is 86.5 cm³/mol. The minimum absolute atomic E-state index is 0.0738. The molecule has 2 amide bonds. The van der Waals surface area contributed by atoms with Crippen LogP contribution in [0.1, 0.15) is 18.4 Å². The minimum Gasteiger partial charge on any atom is -0.354 e.